The minimum Gasteiger partial charge on any atom is -0.507 e. The van der Waals surface area contributed by atoms with Crippen LogP contribution >= 0.6 is 0 Å². The molecule has 0 unspecified atom stereocenters. The van der Waals surface area contributed by atoms with Gasteiger partial charge in [0.2, 0.25) is 5.82 Å². The topological polar surface area (TPSA) is 108 Å². The van der Waals surface area contributed by atoms with Gasteiger partial charge in [0, 0.05) is 50.5 Å². The van der Waals surface area contributed by atoms with Crippen molar-refractivity contribution in [1.82, 2.24) is 25.1 Å². The molecule has 1 aromatic carbocycles. The maximum atomic E-state index is 10.2. The molecule has 1 atom stereocenters. The van der Waals surface area contributed by atoms with Crippen LogP contribution in [-0.4, -0.2) is 75.5 Å². The second-order valence-corrected chi connectivity index (χ2v) is 8.99. The van der Waals surface area contributed by atoms with Crippen LogP contribution in [0.3, 0.4) is 0 Å². The van der Waals surface area contributed by atoms with Gasteiger partial charge < -0.3 is 20.6 Å². The summed E-state index contributed by atoms with van der Waals surface area (Å²) in [4.78, 5) is 15.9. The number of aromatic hydroxyl groups is 1. The maximum absolute atomic E-state index is 10.2. The van der Waals surface area contributed by atoms with Gasteiger partial charge in [-0.2, -0.15) is 0 Å². The summed E-state index contributed by atoms with van der Waals surface area (Å²) in [5.41, 5.74) is 8.27. The molecule has 0 aliphatic carbocycles. The Morgan fingerprint density at radius 2 is 1.89 bits per heavy atom. The molecule has 3 aromatic rings. The van der Waals surface area contributed by atoms with Gasteiger partial charge in [-0.1, -0.05) is 18.1 Å². The SMILES string of the molecule is C[C@@H]1CCN1CC#Cc1nccc(N2CCCN(c3cc(-c4ccccc4O)nnc3N)CC2)n1. The van der Waals surface area contributed by atoms with E-state index in [2.05, 4.69) is 48.6 Å². The van der Waals surface area contributed by atoms with Gasteiger partial charge in [-0.3, -0.25) is 4.90 Å². The van der Waals surface area contributed by atoms with Crippen molar-refractivity contribution in [2.24, 2.45) is 0 Å². The highest BCUT2D eigenvalue weighted by molar-refractivity contribution is 5.74. The fourth-order valence-electron chi connectivity index (χ4n) is 4.46. The van der Waals surface area contributed by atoms with Gasteiger partial charge in [0.1, 0.15) is 11.6 Å². The van der Waals surface area contributed by atoms with Crippen molar-refractivity contribution in [3.63, 3.8) is 0 Å². The molecular formula is C26H30N8O. The van der Waals surface area contributed by atoms with Crippen molar-refractivity contribution in [2.75, 3.05) is 54.8 Å². The van der Waals surface area contributed by atoms with Gasteiger partial charge >= 0.3 is 0 Å². The molecule has 2 fully saturated rings. The number of phenolic OH excluding ortho intramolecular Hbond substituents is 1. The Kier molecular flexibility index (Phi) is 6.64. The fraction of sp³-hybridized carbons (Fsp3) is 0.385. The molecule has 3 N–H and O–H groups in total. The molecule has 4 heterocycles. The van der Waals surface area contributed by atoms with Crippen LogP contribution in [-0.2, 0) is 0 Å². The fourth-order valence-corrected chi connectivity index (χ4v) is 4.46. The average molecular weight is 471 g/mol. The van der Waals surface area contributed by atoms with E-state index in [-0.39, 0.29) is 5.75 Å². The molecule has 0 amide bonds. The summed E-state index contributed by atoms with van der Waals surface area (Å²) in [5, 5.41) is 18.6. The molecule has 2 saturated heterocycles. The van der Waals surface area contributed by atoms with Crippen LogP contribution in [0.25, 0.3) is 11.3 Å². The summed E-state index contributed by atoms with van der Waals surface area (Å²) >= 11 is 0. The Balaban J connectivity index is 1.28. The first kappa shape index (κ1) is 22.9. The lowest BCUT2D eigenvalue weighted by Gasteiger charge is -2.36. The van der Waals surface area contributed by atoms with Gasteiger partial charge in [0.05, 0.1) is 17.9 Å². The number of hydrogen-bond acceptors (Lipinski definition) is 9. The zero-order valence-electron chi connectivity index (χ0n) is 19.9. The van der Waals surface area contributed by atoms with E-state index >= 15 is 0 Å². The number of benzene rings is 1. The van der Waals surface area contributed by atoms with Crippen LogP contribution < -0.4 is 15.5 Å². The number of aromatic nitrogens is 4. The number of hydrogen-bond donors (Lipinski definition) is 2. The Morgan fingerprint density at radius 3 is 2.69 bits per heavy atom. The minimum absolute atomic E-state index is 0.168. The van der Waals surface area contributed by atoms with Crippen LogP contribution in [0, 0.1) is 11.8 Å². The molecule has 180 valence electrons. The van der Waals surface area contributed by atoms with Gasteiger partial charge in [0.25, 0.3) is 0 Å². The number of likely N-dealkylation sites (tertiary alicyclic amines) is 1. The van der Waals surface area contributed by atoms with Gasteiger partial charge in [-0.25, -0.2) is 9.97 Å². The lowest BCUT2D eigenvalue weighted by atomic mass is 10.1. The Hall–Kier alpha value is -3.90. The van der Waals surface area contributed by atoms with Crippen molar-refractivity contribution in [3.05, 3.63) is 48.4 Å². The molecule has 2 aliphatic heterocycles. The van der Waals surface area contributed by atoms with E-state index in [0.717, 1.165) is 57.2 Å². The van der Waals surface area contributed by atoms with E-state index in [0.29, 0.717) is 28.9 Å². The molecule has 0 radical (unpaired) electrons. The molecule has 9 heteroatoms. The maximum Gasteiger partial charge on any atom is 0.206 e. The van der Waals surface area contributed by atoms with Crippen molar-refractivity contribution in [3.8, 4) is 28.8 Å². The summed E-state index contributed by atoms with van der Waals surface area (Å²) in [6.45, 7) is 7.35. The lowest BCUT2D eigenvalue weighted by molar-refractivity contribution is 0.124. The molecule has 2 aliphatic rings. The van der Waals surface area contributed by atoms with E-state index in [1.807, 2.05) is 24.3 Å². The number of nitrogens with two attached hydrogens (primary N) is 1. The first-order valence-corrected chi connectivity index (χ1v) is 12.1. The Bertz CT molecular complexity index is 1250. The molecule has 2 aromatic heterocycles. The van der Waals surface area contributed by atoms with E-state index in [1.165, 1.54) is 6.42 Å². The third kappa shape index (κ3) is 5.12. The second-order valence-electron chi connectivity index (χ2n) is 8.99. The normalized spacial score (nSPS) is 18.4. The van der Waals surface area contributed by atoms with Crippen LogP contribution in [0.4, 0.5) is 17.3 Å². The largest absolute Gasteiger partial charge is 0.507 e. The quantitative estimate of drug-likeness (QED) is 0.556. The average Bonchev–Trinajstić information content (AvgIpc) is 3.13. The minimum atomic E-state index is 0.168. The molecule has 9 nitrogen and oxygen atoms in total. The highest BCUT2D eigenvalue weighted by Crippen LogP contribution is 2.31. The van der Waals surface area contributed by atoms with Crippen LogP contribution in [0.15, 0.2) is 42.6 Å². The Labute approximate surface area is 205 Å². The summed E-state index contributed by atoms with van der Waals surface area (Å²) in [5.74, 6) is 8.34. The van der Waals surface area contributed by atoms with Crippen LogP contribution in [0.1, 0.15) is 25.6 Å². The smallest absolute Gasteiger partial charge is 0.206 e. The highest BCUT2D eigenvalue weighted by Gasteiger charge is 2.22. The number of rotatable bonds is 4. The number of nitrogen functional groups attached to an aromatic ring is 1. The third-order valence-corrected chi connectivity index (χ3v) is 6.72. The van der Waals surface area contributed by atoms with Crippen molar-refractivity contribution in [1.29, 1.82) is 0 Å². The van der Waals surface area contributed by atoms with Crippen LogP contribution in [0.5, 0.6) is 5.75 Å². The van der Waals surface area contributed by atoms with E-state index < -0.39 is 0 Å². The molecule has 35 heavy (non-hydrogen) atoms. The summed E-state index contributed by atoms with van der Waals surface area (Å²) in [6, 6.07) is 11.6. The molecule has 0 bridgehead atoms. The molecule has 0 spiro atoms. The zero-order chi connectivity index (χ0) is 24.2. The van der Waals surface area contributed by atoms with Crippen LogP contribution in [0.2, 0.25) is 0 Å². The lowest BCUT2D eigenvalue weighted by Crippen LogP contribution is -2.45. The van der Waals surface area contributed by atoms with Gasteiger partial charge in [-0.05, 0) is 50.0 Å². The number of para-hydroxylation sites is 1. The van der Waals surface area contributed by atoms with Crippen molar-refractivity contribution in [2.45, 2.75) is 25.8 Å². The first-order chi connectivity index (χ1) is 17.1. The predicted molar refractivity (Wildman–Crippen MR) is 137 cm³/mol. The summed E-state index contributed by atoms with van der Waals surface area (Å²) < 4.78 is 0. The molecular weight excluding hydrogens is 440 g/mol. The van der Waals surface area contributed by atoms with E-state index in [4.69, 9.17) is 10.7 Å². The van der Waals surface area contributed by atoms with Gasteiger partial charge in [-0.15, -0.1) is 10.2 Å². The number of anilines is 3. The van der Waals surface area contributed by atoms with E-state index in [9.17, 15) is 5.11 Å². The van der Waals surface area contributed by atoms with E-state index in [1.54, 1.807) is 18.3 Å². The zero-order valence-corrected chi connectivity index (χ0v) is 19.9. The second kappa shape index (κ2) is 10.2. The standard InChI is InChI=1S/C26H30N8O/c1-19-10-15-32(19)12-4-8-24-28-11-9-25(29-24)34-14-5-13-33(16-17-34)22-18-21(30-31-26(22)27)20-6-2-3-7-23(20)35/h2-3,6-7,9,11,18-19,35H,5,10,12-17H2,1H3,(H2,27,31)/t19-/m1/s1. The summed E-state index contributed by atoms with van der Waals surface area (Å²) in [6.07, 6.45) is 3.97. The highest BCUT2D eigenvalue weighted by atomic mass is 16.3. The third-order valence-electron chi connectivity index (χ3n) is 6.72. The summed E-state index contributed by atoms with van der Waals surface area (Å²) in [7, 11) is 0. The first-order valence-electron chi connectivity index (χ1n) is 12.1. The van der Waals surface area contributed by atoms with Gasteiger partial charge in [0.15, 0.2) is 5.82 Å². The molecule has 5 rings (SSSR count). The monoisotopic (exact) mass is 470 g/mol. The predicted octanol–water partition coefficient (Wildman–Crippen LogP) is 2.38. The molecule has 0 saturated carbocycles. The Morgan fingerprint density at radius 1 is 1.06 bits per heavy atom. The van der Waals surface area contributed by atoms with Crippen molar-refractivity contribution >= 4 is 17.3 Å². The number of nitrogens with zero attached hydrogens (tertiary/aromatic N) is 7. The number of phenols is 1. The van der Waals surface area contributed by atoms with Crippen molar-refractivity contribution < 1.29 is 5.11 Å².